The number of anilines is 1. The van der Waals surface area contributed by atoms with E-state index in [1.54, 1.807) is 6.92 Å². The normalized spacial score (nSPS) is 19.2. The van der Waals surface area contributed by atoms with Crippen LogP contribution >= 0.6 is 0 Å². The lowest BCUT2D eigenvalue weighted by Crippen LogP contribution is -2.55. The highest BCUT2D eigenvalue weighted by molar-refractivity contribution is 5.90. The van der Waals surface area contributed by atoms with Gasteiger partial charge in [-0.3, -0.25) is 4.79 Å². The van der Waals surface area contributed by atoms with Crippen molar-refractivity contribution < 1.29 is 14.7 Å². The molecule has 1 amide bonds. The van der Waals surface area contributed by atoms with Crippen molar-refractivity contribution in [2.24, 2.45) is 0 Å². The molecule has 1 aliphatic rings. The zero-order valence-corrected chi connectivity index (χ0v) is 11.0. The smallest absolute Gasteiger partial charge is 0.335 e. The van der Waals surface area contributed by atoms with Gasteiger partial charge in [-0.05, 0) is 25.5 Å². The molecule has 0 saturated carbocycles. The Labute approximate surface area is 111 Å². The maximum Gasteiger partial charge on any atom is 0.335 e. The summed E-state index contributed by atoms with van der Waals surface area (Å²) in [6, 6.07) is 2.76. The summed E-state index contributed by atoms with van der Waals surface area (Å²) in [7, 11) is 0. The van der Waals surface area contributed by atoms with Crippen LogP contribution in [0.25, 0.3) is 0 Å². The Hall–Kier alpha value is -2.11. The number of aromatic carboxylic acids is 1. The van der Waals surface area contributed by atoms with E-state index < -0.39 is 5.97 Å². The van der Waals surface area contributed by atoms with Gasteiger partial charge in [-0.15, -0.1) is 0 Å². The number of nitrogens with zero attached hydrogens (tertiary/aromatic N) is 2. The van der Waals surface area contributed by atoms with Gasteiger partial charge in [0.1, 0.15) is 11.9 Å². The van der Waals surface area contributed by atoms with Gasteiger partial charge in [-0.2, -0.15) is 0 Å². The summed E-state index contributed by atoms with van der Waals surface area (Å²) in [6.07, 6.45) is 0.657. The molecule has 6 heteroatoms. The molecule has 1 atom stereocenters. The van der Waals surface area contributed by atoms with E-state index >= 15 is 0 Å². The minimum absolute atomic E-state index is 0.0334. The first-order valence-corrected chi connectivity index (χ1v) is 6.29. The van der Waals surface area contributed by atoms with E-state index in [2.05, 4.69) is 10.3 Å². The Morgan fingerprint density at radius 2 is 2.32 bits per heavy atom. The number of nitrogens with one attached hydrogen (secondary N) is 1. The minimum Gasteiger partial charge on any atom is -0.478 e. The van der Waals surface area contributed by atoms with Crippen LogP contribution < -0.4 is 10.2 Å². The Morgan fingerprint density at radius 1 is 1.58 bits per heavy atom. The number of hydrogen-bond acceptors (Lipinski definition) is 4. The van der Waals surface area contributed by atoms with Crippen molar-refractivity contribution >= 4 is 17.7 Å². The number of aromatic nitrogens is 1. The molecule has 2 rings (SSSR count). The molecule has 19 heavy (non-hydrogen) atoms. The van der Waals surface area contributed by atoms with Crippen molar-refractivity contribution in [2.45, 2.75) is 26.3 Å². The number of aryl methyl sites for hydroxylation is 1. The molecule has 1 aliphatic heterocycles. The zero-order chi connectivity index (χ0) is 14.0. The fourth-order valence-corrected chi connectivity index (χ4v) is 2.32. The van der Waals surface area contributed by atoms with E-state index in [1.165, 1.54) is 12.1 Å². The lowest BCUT2D eigenvalue weighted by atomic mass is 10.1. The number of hydrogen-bond donors (Lipinski definition) is 2. The van der Waals surface area contributed by atoms with Crippen LogP contribution in [-0.4, -0.2) is 41.1 Å². The van der Waals surface area contributed by atoms with Crippen LogP contribution in [0, 0.1) is 6.92 Å². The van der Waals surface area contributed by atoms with Gasteiger partial charge in [0, 0.05) is 18.8 Å². The van der Waals surface area contributed by atoms with Crippen molar-refractivity contribution in [3.63, 3.8) is 0 Å². The summed E-state index contributed by atoms with van der Waals surface area (Å²) in [5, 5.41) is 11.9. The summed E-state index contributed by atoms with van der Waals surface area (Å²) in [5.74, 6) is -0.464. The van der Waals surface area contributed by atoms with Crippen LogP contribution in [0.3, 0.4) is 0 Å². The number of carbonyl (C=O) groups is 2. The van der Waals surface area contributed by atoms with Crippen LogP contribution in [0.15, 0.2) is 12.1 Å². The molecule has 102 valence electrons. The lowest BCUT2D eigenvalue weighted by Gasteiger charge is -2.35. The number of rotatable bonds is 3. The topological polar surface area (TPSA) is 82.5 Å². The van der Waals surface area contributed by atoms with E-state index in [9.17, 15) is 9.59 Å². The first kappa shape index (κ1) is 13.3. The third kappa shape index (κ3) is 2.67. The molecule has 0 spiro atoms. The number of carboxylic acid groups (broad SMARTS) is 1. The summed E-state index contributed by atoms with van der Waals surface area (Å²) < 4.78 is 0. The van der Waals surface area contributed by atoms with Crippen molar-refractivity contribution in [3.05, 3.63) is 23.4 Å². The fourth-order valence-electron chi connectivity index (χ4n) is 2.32. The molecule has 2 N–H and O–H groups in total. The van der Waals surface area contributed by atoms with E-state index in [0.29, 0.717) is 31.0 Å². The van der Waals surface area contributed by atoms with Gasteiger partial charge in [0.05, 0.1) is 5.56 Å². The molecule has 1 aromatic heterocycles. The molecule has 0 radical (unpaired) electrons. The molecule has 0 aromatic carbocycles. The predicted octanol–water partition coefficient (Wildman–Crippen LogP) is 0.803. The van der Waals surface area contributed by atoms with Crippen molar-refractivity contribution in [3.8, 4) is 0 Å². The molecular formula is C13H17N3O3. The van der Waals surface area contributed by atoms with Crippen molar-refractivity contribution in [1.82, 2.24) is 10.3 Å². The molecular weight excluding hydrogens is 246 g/mol. The largest absolute Gasteiger partial charge is 0.478 e. The van der Waals surface area contributed by atoms with Gasteiger partial charge >= 0.3 is 5.97 Å². The van der Waals surface area contributed by atoms with Gasteiger partial charge in [-0.1, -0.05) is 6.92 Å². The third-order valence-electron chi connectivity index (χ3n) is 3.20. The van der Waals surface area contributed by atoms with Crippen molar-refractivity contribution in [1.29, 1.82) is 0 Å². The summed E-state index contributed by atoms with van der Waals surface area (Å²) in [5.41, 5.74) is 0.832. The van der Waals surface area contributed by atoms with E-state index in [0.717, 1.165) is 0 Å². The zero-order valence-electron chi connectivity index (χ0n) is 11.0. The summed E-state index contributed by atoms with van der Waals surface area (Å²) in [6.45, 7) is 4.87. The molecule has 1 unspecified atom stereocenters. The molecule has 1 fully saturated rings. The fraction of sp³-hybridized carbons (Fsp3) is 0.462. The maximum absolute atomic E-state index is 11.8. The Bertz CT molecular complexity index is 516. The highest BCUT2D eigenvalue weighted by Gasteiger charge is 2.29. The number of pyridine rings is 1. The van der Waals surface area contributed by atoms with E-state index in [4.69, 9.17) is 5.11 Å². The van der Waals surface area contributed by atoms with E-state index in [-0.39, 0.29) is 17.5 Å². The Kier molecular flexibility index (Phi) is 3.69. The lowest BCUT2D eigenvalue weighted by molar-refractivity contribution is -0.123. The van der Waals surface area contributed by atoms with Gasteiger partial charge in [0.2, 0.25) is 5.91 Å². The number of carbonyl (C=O) groups excluding carboxylic acids is 1. The number of amides is 1. The average Bonchev–Trinajstić information content (AvgIpc) is 2.37. The van der Waals surface area contributed by atoms with Crippen LogP contribution in [0.4, 0.5) is 5.82 Å². The third-order valence-corrected chi connectivity index (χ3v) is 3.20. The van der Waals surface area contributed by atoms with Gasteiger partial charge in [0.15, 0.2) is 0 Å². The molecule has 6 nitrogen and oxygen atoms in total. The Balaban J connectivity index is 2.39. The van der Waals surface area contributed by atoms with Gasteiger partial charge in [0.25, 0.3) is 0 Å². The van der Waals surface area contributed by atoms with Crippen molar-refractivity contribution in [2.75, 3.05) is 18.0 Å². The highest BCUT2D eigenvalue weighted by atomic mass is 16.4. The standard InChI is InChI=1S/C13H17N3O3/c1-3-10-12(17)14-4-5-16(10)11-7-9(13(18)19)6-8(2)15-11/h6-7,10H,3-5H2,1-2H3,(H,14,17)(H,18,19). The number of piperazine rings is 1. The summed E-state index contributed by atoms with van der Waals surface area (Å²) in [4.78, 5) is 29.1. The van der Waals surface area contributed by atoms with Crippen LogP contribution in [0.5, 0.6) is 0 Å². The first-order valence-electron chi connectivity index (χ1n) is 6.29. The highest BCUT2D eigenvalue weighted by Crippen LogP contribution is 2.20. The Morgan fingerprint density at radius 3 is 2.95 bits per heavy atom. The SMILES string of the molecule is CCC1C(=O)NCCN1c1cc(C(=O)O)cc(C)n1. The summed E-state index contributed by atoms with van der Waals surface area (Å²) >= 11 is 0. The van der Waals surface area contributed by atoms with Gasteiger partial charge < -0.3 is 15.3 Å². The maximum atomic E-state index is 11.8. The van der Waals surface area contributed by atoms with E-state index in [1.807, 2.05) is 11.8 Å². The second-order valence-corrected chi connectivity index (χ2v) is 4.57. The molecule has 0 aliphatic carbocycles. The van der Waals surface area contributed by atoms with Gasteiger partial charge in [-0.25, -0.2) is 9.78 Å². The number of carboxylic acids is 1. The van der Waals surface area contributed by atoms with Crippen LogP contribution in [0.2, 0.25) is 0 Å². The van der Waals surface area contributed by atoms with Crippen LogP contribution in [-0.2, 0) is 4.79 Å². The first-order chi connectivity index (χ1) is 9.02. The molecule has 1 saturated heterocycles. The second kappa shape index (κ2) is 5.26. The molecule has 1 aromatic rings. The predicted molar refractivity (Wildman–Crippen MR) is 70.4 cm³/mol. The quantitative estimate of drug-likeness (QED) is 0.843. The monoisotopic (exact) mass is 263 g/mol. The molecule has 2 heterocycles. The average molecular weight is 263 g/mol. The van der Waals surface area contributed by atoms with Crippen LogP contribution in [0.1, 0.15) is 29.4 Å². The minimum atomic E-state index is -0.985. The molecule has 0 bridgehead atoms. The second-order valence-electron chi connectivity index (χ2n) is 4.57.